The Hall–Kier alpha value is -4.42. The number of ether oxygens (including phenoxy) is 2. The highest BCUT2D eigenvalue weighted by Gasteiger charge is 2.46. The number of methoxy groups -OCH3 is 2. The number of hydrogen-bond donors (Lipinski definition) is 4. The van der Waals surface area contributed by atoms with Crippen molar-refractivity contribution in [1.29, 1.82) is 0 Å². The summed E-state index contributed by atoms with van der Waals surface area (Å²) in [5.74, 6) is 0.879. The van der Waals surface area contributed by atoms with Crippen molar-refractivity contribution in [2.75, 3.05) is 29.6 Å². The van der Waals surface area contributed by atoms with Crippen molar-refractivity contribution >= 4 is 50.0 Å². The number of sulfonamides is 1. The third-order valence-electron chi connectivity index (χ3n) is 6.06. The van der Waals surface area contributed by atoms with E-state index in [1.165, 1.54) is 32.4 Å². The molecule has 4 aromatic rings. The standard InChI is InChI=1S/C26H26N6O5S/c1-36-18-12-17(13-19(15-18)37-2)28-23-24(31-22-9-4-3-8-21(22)30-23)32-38(34,35)20-7-5-6-16(14-20)29-25(33)26(27)10-11-26/h3-9,12-15H,10-11,27H2,1-2H3,(H,28,30)(H,29,33)(H,31,32). The van der Waals surface area contributed by atoms with E-state index in [9.17, 15) is 13.2 Å². The number of carbonyl (C=O) groups excluding carboxylic acids is 1. The lowest BCUT2D eigenvalue weighted by Crippen LogP contribution is -2.37. The number of hydrogen-bond acceptors (Lipinski definition) is 9. The van der Waals surface area contributed by atoms with Gasteiger partial charge in [-0.1, -0.05) is 18.2 Å². The van der Waals surface area contributed by atoms with Gasteiger partial charge in [-0.15, -0.1) is 0 Å². The first kappa shape index (κ1) is 25.2. The van der Waals surface area contributed by atoms with E-state index in [-0.39, 0.29) is 22.4 Å². The molecular weight excluding hydrogens is 508 g/mol. The van der Waals surface area contributed by atoms with Crippen LogP contribution in [0.4, 0.5) is 23.0 Å². The molecule has 12 heteroatoms. The van der Waals surface area contributed by atoms with Crippen LogP contribution in [0.2, 0.25) is 0 Å². The molecule has 5 rings (SSSR count). The van der Waals surface area contributed by atoms with Gasteiger partial charge in [0.15, 0.2) is 11.6 Å². The van der Waals surface area contributed by atoms with Crippen molar-refractivity contribution in [2.24, 2.45) is 5.73 Å². The number of benzene rings is 3. The molecule has 0 aliphatic heterocycles. The predicted octanol–water partition coefficient (Wildman–Crippen LogP) is 3.62. The molecule has 38 heavy (non-hydrogen) atoms. The second-order valence-electron chi connectivity index (χ2n) is 8.88. The second kappa shape index (κ2) is 9.80. The number of anilines is 4. The zero-order valence-corrected chi connectivity index (χ0v) is 21.5. The quantitative estimate of drug-likeness (QED) is 0.252. The molecule has 0 unspecified atom stereocenters. The third kappa shape index (κ3) is 5.31. The SMILES string of the molecule is COc1cc(Nc2nc3ccccc3nc2NS(=O)(=O)c2cccc(NC(=O)C3(N)CC3)c2)cc(OC)c1. The molecule has 1 fully saturated rings. The minimum atomic E-state index is -4.12. The highest BCUT2D eigenvalue weighted by atomic mass is 32.2. The smallest absolute Gasteiger partial charge is 0.263 e. The Morgan fingerprint density at radius 1 is 0.868 bits per heavy atom. The van der Waals surface area contributed by atoms with Gasteiger partial charge >= 0.3 is 0 Å². The van der Waals surface area contributed by atoms with Gasteiger partial charge in [-0.05, 0) is 43.2 Å². The number of nitrogens with two attached hydrogens (primary N) is 1. The van der Waals surface area contributed by atoms with Crippen LogP contribution in [-0.4, -0.2) is 44.1 Å². The molecule has 0 radical (unpaired) electrons. The molecule has 0 saturated heterocycles. The minimum absolute atomic E-state index is 0.0150. The fourth-order valence-electron chi connectivity index (χ4n) is 3.72. The monoisotopic (exact) mass is 534 g/mol. The summed E-state index contributed by atoms with van der Waals surface area (Å²) in [7, 11) is -1.06. The molecular formula is C26H26N6O5S. The summed E-state index contributed by atoms with van der Waals surface area (Å²) in [6.07, 6.45) is 1.18. The molecule has 11 nitrogen and oxygen atoms in total. The van der Waals surface area contributed by atoms with E-state index in [2.05, 4.69) is 25.3 Å². The van der Waals surface area contributed by atoms with Gasteiger partial charge in [0.2, 0.25) is 5.91 Å². The van der Waals surface area contributed by atoms with Gasteiger partial charge in [0.25, 0.3) is 10.0 Å². The van der Waals surface area contributed by atoms with Gasteiger partial charge in [0.05, 0.1) is 35.7 Å². The molecule has 0 spiro atoms. The van der Waals surface area contributed by atoms with Gasteiger partial charge in [0, 0.05) is 29.6 Å². The summed E-state index contributed by atoms with van der Waals surface area (Å²) in [6, 6.07) is 18.2. The molecule has 0 bridgehead atoms. The summed E-state index contributed by atoms with van der Waals surface area (Å²) < 4.78 is 40.0. The molecule has 0 atom stereocenters. The van der Waals surface area contributed by atoms with E-state index in [1.807, 2.05) is 6.07 Å². The molecule has 3 aromatic carbocycles. The summed E-state index contributed by atoms with van der Waals surface area (Å²) in [5.41, 5.74) is 6.98. The van der Waals surface area contributed by atoms with Crippen LogP contribution in [0.25, 0.3) is 11.0 Å². The summed E-state index contributed by atoms with van der Waals surface area (Å²) in [6.45, 7) is 0. The van der Waals surface area contributed by atoms with E-state index in [0.717, 1.165) is 0 Å². The Bertz CT molecular complexity index is 1620. The van der Waals surface area contributed by atoms with E-state index in [4.69, 9.17) is 15.2 Å². The lowest BCUT2D eigenvalue weighted by atomic mass is 10.2. The van der Waals surface area contributed by atoms with Crippen molar-refractivity contribution in [3.8, 4) is 11.5 Å². The van der Waals surface area contributed by atoms with Gasteiger partial charge in [0.1, 0.15) is 11.5 Å². The fraction of sp³-hybridized carbons (Fsp3) is 0.192. The Balaban J connectivity index is 1.49. The molecule has 5 N–H and O–H groups in total. The molecule has 196 valence electrons. The summed E-state index contributed by atoms with van der Waals surface area (Å²) in [5, 5.41) is 5.81. The highest BCUT2D eigenvalue weighted by Crippen LogP contribution is 2.34. The summed E-state index contributed by atoms with van der Waals surface area (Å²) in [4.78, 5) is 21.4. The van der Waals surface area contributed by atoms with Gasteiger partial charge in [-0.3, -0.25) is 9.52 Å². The first-order valence-electron chi connectivity index (χ1n) is 11.7. The molecule has 1 aromatic heterocycles. The second-order valence-corrected chi connectivity index (χ2v) is 10.6. The van der Waals surface area contributed by atoms with Crippen LogP contribution in [-0.2, 0) is 14.8 Å². The zero-order valence-electron chi connectivity index (χ0n) is 20.7. The maximum absolute atomic E-state index is 13.4. The number of aromatic nitrogens is 2. The lowest BCUT2D eigenvalue weighted by Gasteiger charge is -2.16. The molecule has 1 amide bonds. The first-order chi connectivity index (χ1) is 18.2. The number of nitrogens with one attached hydrogen (secondary N) is 3. The van der Waals surface area contributed by atoms with E-state index >= 15 is 0 Å². The number of carbonyl (C=O) groups is 1. The Kier molecular flexibility index (Phi) is 6.51. The average molecular weight is 535 g/mol. The van der Waals surface area contributed by atoms with Crippen molar-refractivity contribution in [3.63, 3.8) is 0 Å². The average Bonchev–Trinajstić information content (AvgIpc) is 3.67. The maximum atomic E-state index is 13.4. The summed E-state index contributed by atoms with van der Waals surface area (Å²) >= 11 is 0. The number of fused-ring (bicyclic) bond motifs is 1. The van der Waals surface area contributed by atoms with Crippen LogP contribution in [0.5, 0.6) is 11.5 Å². The Labute approximate surface area is 219 Å². The first-order valence-corrected chi connectivity index (χ1v) is 13.2. The van der Waals surface area contributed by atoms with Crippen LogP contribution >= 0.6 is 0 Å². The Morgan fingerprint density at radius 2 is 1.50 bits per heavy atom. The third-order valence-corrected chi connectivity index (χ3v) is 7.40. The zero-order chi connectivity index (χ0) is 26.9. The topological polar surface area (TPSA) is 158 Å². The lowest BCUT2D eigenvalue weighted by molar-refractivity contribution is -0.118. The molecule has 1 aliphatic carbocycles. The van der Waals surface area contributed by atoms with E-state index in [0.29, 0.717) is 46.7 Å². The largest absolute Gasteiger partial charge is 0.497 e. The molecule has 1 saturated carbocycles. The van der Waals surface area contributed by atoms with Gasteiger partial charge in [-0.2, -0.15) is 0 Å². The van der Waals surface area contributed by atoms with Crippen LogP contribution in [0.3, 0.4) is 0 Å². The minimum Gasteiger partial charge on any atom is -0.497 e. The van der Waals surface area contributed by atoms with Gasteiger partial charge in [-0.25, -0.2) is 18.4 Å². The van der Waals surface area contributed by atoms with E-state index < -0.39 is 15.6 Å². The van der Waals surface area contributed by atoms with Gasteiger partial charge < -0.3 is 25.8 Å². The van der Waals surface area contributed by atoms with Crippen molar-refractivity contribution in [1.82, 2.24) is 9.97 Å². The maximum Gasteiger partial charge on any atom is 0.263 e. The normalized spacial score (nSPS) is 14.0. The molecule has 1 aliphatic rings. The van der Waals surface area contributed by atoms with Crippen molar-refractivity contribution in [3.05, 3.63) is 66.7 Å². The van der Waals surface area contributed by atoms with Crippen LogP contribution in [0.1, 0.15) is 12.8 Å². The predicted molar refractivity (Wildman–Crippen MR) is 144 cm³/mol. The molecule has 1 heterocycles. The number of para-hydroxylation sites is 2. The van der Waals surface area contributed by atoms with Crippen molar-refractivity contribution in [2.45, 2.75) is 23.3 Å². The van der Waals surface area contributed by atoms with Crippen LogP contribution in [0.15, 0.2) is 71.6 Å². The number of nitrogens with zero attached hydrogens (tertiary/aromatic N) is 2. The van der Waals surface area contributed by atoms with Crippen LogP contribution < -0.4 is 30.6 Å². The highest BCUT2D eigenvalue weighted by molar-refractivity contribution is 7.92. The number of amides is 1. The van der Waals surface area contributed by atoms with Crippen LogP contribution in [0, 0.1) is 0 Å². The number of rotatable bonds is 9. The fourth-order valence-corrected chi connectivity index (χ4v) is 4.77. The van der Waals surface area contributed by atoms with Crippen molar-refractivity contribution < 1.29 is 22.7 Å². The van der Waals surface area contributed by atoms with E-state index in [1.54, 1.807) is 42.5 Å². The Morgan fingerprint density at radius 3 is 2.11 bits per heavy atom.